The summed E-state index contributed by atoms with van der Waals surface area (Å²) in [7, 11) is 0. The summed E-state index contributed by atoms with van der Waals surface area (Å²) in [5, 5.41) is 2.74. The molecule has 17 heavy (non-hydrogen) atoms. The lowest BCUT2D eigenvalue weighted by atomic mass is 10.3. The minimum atomic E-state index is -0.596. The van der Waals surface area contributed by atoms with Gasteiger partial charge >= 0.3 is 0 Å². The molecule has 1 aromatic heterocycles. The highest BCUT2D eigenvalue weighted by Crippen LogP contribution is 2.10. The molecule has 1 unspecified atom stereocenters. The second-order valence-electron chi connectivity index (χ2n) is 3.96. The van der Waals surface area contributed by atoms with Gasteiger partial charge in [-0.3, -0.25) is 9.59 Å². The standard InChI is InChI=1S/C12H16N2O3/c1-8(2)14-12(16)9(3)17-11-5-4-10(7-15)13-6-11/h4-9H,1-3H3,(H,14,16). The number of nitrogens with zero attached hydrogens (tertiary/aromatic N) is 1. The molecule has 1 aromatic rings. The van der Waals surface area contributed by atoms with Crippen molar-refractivity contribution in [2.24, 2.45) is 0 Å². The monoisotopic (exact) mass is 236 g/mol. The Morgan fingerprint density at radius 2 is 2.12 bits per heavy atom. The molecule has 5 heteroatoms. The van der Waals surface area contributed by atoms with Gasteiger partial charge in [-0.15, -0.1) is 0 Å². The highest BCUT2D eigenvalue weighted by Gasteiger charge is 2.15. The highest BCUT2D eigenvalue weighted by atomic mass is 16.5. The first-order valence-corrected chi connectivity index (χ1v) is 5.41. The minimum Gasteiger partial charge on any atom is -0.479 e. The first kappa shape index (κ1) is 13.2. The molecule has 0 spiro atoms. The summed E-state index contributed by atoms with van der Waals surface area (Å²) in [6.07, 6.45) is 1.47. The Morgan fingerprint density at radius 1 is 1.41 bits per heavy atom. The van der Waals surface area contributed by atoms with Crippen LogP contribution in [0.15, 0.2) is 18.3 Å². The molecule has 0 radical (unpaired) electrons. The molecule has 1 amide bonds. The normalized spacial score (nSPS) is 12.0. The number of rotatable bonds is 5. The Bertz CT molecular complexity index is 387. The molecular formula is C12H16N2O3. The Labute approximate surface area is 100 Å². The number of amides is 1. The van der Waals surface area contributed by atoms with Crippen LogP contribution in [0.4, 0.5) is 0 Å². The fraction of sp³-hybridized carbons (Fsp3) is 0.417. The van der Waals surface area contributed by atoms with E-state index in [4.69, 9.17) is 4.74 Å². The molecule has 0 saturated carbocycles. The van der Waals surface area contributed by atoms with E-state index in [1.165, 1.54) is 12.3 Å². The zero-order valence-electron chi connectivity index (χ0n) is 10.1. The van der Waals surface area contributed by atoms with Crippen LogP contribution in [0.1, 0.15) is 31.3 Å². The van der Waals surface area contributed by atoms with Crippen molar-refractivity contribution in [1.82, 2.24) is 10.3 Å². The van der Waals surface area contributed by atoms with E-state index in [1.807, 2.05) is 13.8 Å². The predicted molar refractivity (Wildman–Crippen MR) is 63.0 cm³/mol. The Morgan fingerprint density at radius 3 is 2.59 bits per heavy atom. The van der Waals surface area contributed by atoms with E-state index < -0.39 is 6.10 Å². The molecule has 0 bridgehead atoms. The van der Waals surface area contributed by atoms with Gasteiger partial charge in [-0.25, -0.2) is 4.98 Å². The van der Waals surface area contributed by atoms with Crippen molar-refractivity contribution in [2.75, 3.05) is 0 Å². The zero-order valence-corrected chi connectivity index (χ0v) is 10.1. The molecule has 0 aromatic carbocycles. The third-order valence-electron chi connectivity index (χ3n) is 1.99. The number of nitrogens with one attached hydrogen (secondary N) is 1. The van der Waals surface area contributed by atoms with Crippen LogP contribution in [0.2, 0.25) is 0 Å². The molecule has 1 rings (SSSR count). The number of aldehydes is 1. The molecule has 0 saturated heterocycles. The fourth-order valence-electron chi connectivity index (χ4n) is 1.19. The molecular weight excluding hydrogens is 220 g/mol. The average Bonchev–Trinajstić information content (AvgIpc) is 2.29. The van der Waals surface area contributed by atoms with Crippen LogP contribution in [0.3, 0.4) is 0 Å². The van der Waals surface area contributed by atoms with Crippen LogP contribution in [-0.4, -0.2) is 29.3 Å². The van der Waals surface area contributed by atoms with E-state index >= 15 is 0 Å². The van der Waals surface area contributed by atoms with E-state index in [-0.39, 0.29) is 11.9 Å². The summed E-state index contributed by atoms with van der Waals surface area (Å²) in [5.74, 6) is 0.279. The SMILES string of the molecule is CC(C)NC(=O)C(C)Oc1ccc(C=O)nc1. The molecule has 1 N–H and O–H groups in total. The first-order chi connectivity index (χ1) is 8.02. The molecule has 1 atom stereocenters. The smallest absolute Gasteiger partial charge is 0.260 e. The number of ether oxygens (including phenoxy) is 1. The Balaban J connectivity index is 2.57. The third kappa shape index (κ3) is 4.22. The molecule has 0 aliphatic rings. The predicted octanol–water partition coefficient (Wildman–Crippen LogP) is 1.19. The van der Waals surface area contributed by atoms with Crippen molar-refractivity contribution < 1.29 is 14.3 Å². The van der Waals surface area contributed by atoms with Crippen molar-refractivity contribution in [1.29, 1.82) is 0 Å². The van der Waals surface area contributed by atoms with Crippen LogP contribution in [0, 0.1) is 0 Å². The summed E-state index contributed by atoms with van der Waals surface area (Å²) in [6.45, 7) is 5.42. The summed E-state index contributed by atoms with van der Waals surface area (Å²) >= 11 is 0. The highest BCUT2D eigenvalue weighted by molar-refractivity contribution is 5.80. The van der Waals surface area contributed by atoms with Gasteiger partial charge < -0.3 is 10.1 Å². The molecule has 0 fully saturated rings. The van der Waals surface area contributed by atoms with Crippen molar-refractivity contribution in [3.05, 3.63) is 24.0 Å². The third-order valence-corrected chi connectivity index (χ3v) is 1.99. The van der Waals surface area contributed by atoms with Crippen LogP contribution in [-0.2, 0) is 4.79 Å². The maximum Gasteiger partial charge on any atom is 0.260 e. The van der Waals surface area contributed by atoms with E-state index in [0.717, 1.165) is 0 Å². The van der Waals surface area contributed by atoms with Crippen molar-refractivity contribution in [2.45, 2.75) is 32.9 Å². The summed E-state index contributed by atoms with van der Waals surface area (Å²) in [6, 6.07) is 3.22. The van der Waals surface area contributed by atoms with Gasteiger partial charge in [0.15, 0.2) is 12.4 Å². The van der Waals surface area contributed by atoms with E-state index in [9.17, 15) is 9.59 Å². The van der Waals surface area contributed by atoms with Crippen molar-refractivity contribution in [3.8, 4) is 5.75 Å². The van der Waals surface area contributed by atoms with Gasteiger partial charge in [-0.1, -0.05) is 0 Å². The number of aromatic nitrogens is 1. The van der Waals surface area contributed by atoms with Gasteiger partial charge in [0.25, 0.3) is 5.91 Å². The molecule has 1 heterocycles. The van der Waals surface area contributed by atoms with Crippen molar-refractivity contribution >= 4 is 12.2 Å². The topological polar surface area (TPSA) is 68.3 Å². The molecule has 0 aliphatic heterocycles. The van der Waals surface area contributed by atoms with Gasteiger partial charge in [0.1, 0.15) is 11.4 Å². The van der Waals surface area contributed by atoms with Gasteiger partial charge in [-0.05, 0) is 32.9 Å². The minimum absolute atomic E-state index is 0.0733. The number of hydrogen-bond acceptors (Lipinski definition) is 4. The van der Waals surface area contributed by atoms with Gasteiger partial charge in [-0.2, -0.15) is 0 Å². The lowest BCUT2D eigenvalue weighted by molar-refractivity contribution is -0.127. The first-order valence-electron chi connectivity index (χ1n) is 5.41. The molecule has 92 valence electrons. The van der Waals surface area contributed by atoms with Crippen molar-refractivity contribution in [3.63, 3.8) is 0 Å². The van der Waals surface area contributed by atoms with Crippen LogP contribution >= 0.6 is 0 Å². The Kier molecular flexibility index (Phi) is 4.63. The van der Waals surface area contributed by atoms with Gasteiger partial charge in [0.05, 0.1) is 6.20 Å². The van der Waals surface area contributed by atoms with Crippen LogP contribution in [0.25, 0.3) is 0 Å². The number of carbonyl (C=O) groups excluding carboxylic acids is 2. The fourth-order valence-corrected chi connectivity index (χ4v) is 1.19. The second kappa shape index (κ2) is 5.98. The lowest BCUT2D eigenvalue weighted by Crippen LogP contribution is -2.40. The second-order valence-corrected chi connectivity index (χ2v) is 3.96. The van der Waals surface area contributed by atoms with E-state index in [1.54, 1.807) is 13.0 Å². The van der Waals surface area contributed by atoms with Gasteiger partial charge in [0.2, 0.25) is 0 Å². The molecule has 5 nitrogen and oxygen atoms in total. The summed E-state index contributed by atoms with van der Waals surface area (Å²) in [4.78, 5) is 25.8. The lowest BCUT2D eigenvalue weighted by Gasteiger charge is -2.16. The zero-order chi connectivity index (χ0) is 12.8. The quantitative estimate of drug-likeness (QED) is 0.780. The van der Waals surface area contributed by atoms with Gasteiger partial charge in [0, 0.05) is 6.04 Å². The average molecular weight is 236 g/mol. The van der Waals surface area contributed by atoms with Crippen LogP contribution in [0.5, 0.6) is 5.75 Å². The largest absolute Gasteiger partial charge is 0.479 e. The summed E-state index contributed by atoms with van der Waals surface area (Å²) < 4.78 is 5.39. The molecule has 0 aliphatic carbocycles. The van der Waals surface area contributed by atoms with Crippen LogP contribution < -0.4 is 10.1 Å². The summed E-state index contributed by atoms with van der Waals surface area (Å²) in [5.41, 5.74) is 0.330. The maximum atomic E-state index is 11.6. The number of carbonyl (C=O) groups is 2. The number of pyridine rings is 1. The number of hydrogen-bond donors (Lipinski definition) is 1. The van der Waals surface area contributed by atoms with E-state index in [2.05, 4.69) is 10.3 Å². The van der Waals surface area contributed by atoms with E-state index in [0.29, 0.717) is 17.7 Å². The maximum absolute atomic E-state index is 11.6. The Hall–Kier alpha value is -1.91.